The van der Waals surface area contributed by atoms with Crippen molar-refractivity contribution in [2.45, 2.75) is 25.5 Å². The van der Waals surface area contributed by atoms with Gasteiger partial charge in [-0.05, 0) is 25.5 Å². The van der Waals surface area contributed by atoms with Gasteiger partial charge in [0.2, 0.25) is 0 Å². The maximum absolute atomic E-state index is 12.5. The van der Waals surface area contributed by atoms with Gasteiger partial charge < -0.3 is 14.9 Å². The van der Waals surface area contributed by atoms with Crippen LogP contribution in [0.1, 0.15) is 23.7 Å². The Balaban J connectivity index is 1.63. The maximum Gasteiger partial charge on any atom is 0.256 e. The van der Waals surface area contributed by atoms with Gasteiger partial charge in [-0.3, -0.25) is 9.48 Å². The average molecular weight is 329 g/mol. The van der Waals surface area contributed by atoms with E-state index in [0.717, 1.165) is 18.9 Å². The summed E-state index contributed by atoms with van der Waals surface area (Å²) in [6.45, 7) is 4.17. The number of likely N-dealkylation sites (N-methyl/N-ethyl adjacent to an activating group) is 1. The molecular weight excluding hydrogens is 306 g/mol. The molecule has 2 aromatic heterocycles. The van der Waals surface area contributed by atoms with E-state index in [9.17, 15) is 9.90 Å². The number of carbonyl (C=O) groups is 1. The third-order valence-corrected chi connectivity index (χ3v) is 4.39. The van der Waals surface area contributed by atoms with E-state index in [2.05, 4.69) is 10.1 Å². The first kappa shape index (κ1) is 16.4. The zero-order chi connectivity index (χ0) is 17.2. The average Bonchev–Trinajstić information content (AvgIpc) is 3.22. The van der Waals surface area contributed by atoms with Crippen molar-refractivity contribution in [1.29, 1.82) is 0 Å². The molecule has 0 aromatic carbocycles. The van der Waals surface area contributed by atoms with Crippen LogP contribution in [0.3, 0.4) is 0 Å². The summed E-state index contributed by atoms with van der Waals surface area (Å²) in [4.78, 5) is 20.4. The monoisotopic (exact) mass is 329 g/mol. The second-order valence-corrected chi connectivity index (χ2v) is 6.33. The van der Waals surface area contributed by atoms with Gasteiger partial charge in [-0.25, -0.2) is 4.98 Å². The van der Waals surface area contributed by atoms with Crippen molar-refractivity contribution >= 4 is 11.7 Å². The Morgan fingerprint density at radius 2 is 2.29 bits per heavy atom. The highest BCUT2D eigenvalue weighted by atomic mass is 16.3. The lowest BCUT2D eigenvalue weighted by molar-refractivity contribution is 0.0264. The van der Waals surface area contributed by atoms with Gasteiger partial charge in [-0.15, -0.1) is 0 Å². The molecule has 1 N–H and O–H groups in total. The summed E-state index contributed by atoms with van der Waals surface area (Å²) in [6.07, 6.45) is 5.65. The van der Waals surface area contributed by atoms with Crippen LogP contribution >= 0.6 is 0 Å². The maximum atomic E-state index is 12.5. The Morgan fingerprint density at radius 3 is 2.96 bits per heavy atom. The molecule has 0 aliphatic carbocycles. The molecule has 0 saturated carbocycles. The quantitative estimate of drug-likeness (QED) is 0.886. The molecule has 1 amide bonds. The number of hydrogen-bond acceptors (Lipinski definition) is 5. The zero-order valence-electron chi connectivity index (χ0n) is 14.1. The molecular formula is C17H23N5O2. The molecule has 0 spiro atoms. The van der Waals surface area contributed by atoms with E-state index in [4.69, 9.17) is 0 Å². The summed E-state index contributed by atoms with van der Waals surface area (Å²) in [6, 6.07) is 5.73. The van der Waals surface area contributed by atoms with Gasteiger partial charge in [0.15, 0.2) is 0 Å². The number of rotatable bonds is 5. The highest BCUT2D eigenvalue weighted by molar-refractivity contribution is 5.93. The van der Waals surface area contributed by atoms with Crippen LogP contribution in [-0.4, -0.2) is 63.0 Å². The molecule has 3 heterocycles. The van der Waals surface area contributed by atoms with Crippen LogP contribution in [0, 0.1) is 0 Å². The summed E-state index contributed by atoms with van der Waals surface area (Å²) >= 11 is 0. The number of aromatic nitrogens is 3. The van der Waals surface area contributed by atoms with Crippen molar-refractivity contribution in [3.05, 3.63) is 42.4 Å². The Bertz CT molecular complexity index is 702. The van der Waals surface area contributed by atoms with E-state index in [-0.39, 0.29) is 12.5 Å². The minimum atomic E-state index is -0.928. The number of anilines is 1. The van der Waals surface area contributed by atoms with Crippen molar-refractivity contribution < 1.29 is 9.90 Å². The topological polar surface area (TPSA) is 74.5 Å². The number of amides is 1. The molecule has 0 bridgehead atoms. The molecule has 3 rings (SSSR count). The van der Waals surface area contributed by atoms with E-state index in [0.29, 0.717) is 18.5 Å². The molecule has 0 radical (unpaired) electrons. The van der Waals surface area contributed by atoms with Crippen molar-refractivity contribution in [2.24, 2.45) is 0 Å². The van der Waals surface area contributed by atoms with Crippen LogP contribution in [0.15, 0.2) is 36.8 Å². The van der Waals surface area contributed by atoms with E-state index in [1.54, 1.807) is 35.2 Å². The van der Waals surface area contributed by atoms with Gasteiger partial charge in [0.1, 0.15) is 11.4 Å². The lowest BCUT2D eigenvalue weighted by Gasteiger charge is -2.29. The van der Waals surface area contributed by atoms with E-state index in [1.807, 2.05) is 30.0 Å². The summed E-state index contributed by atoms with van der Waals surface area (Å²) in [5.74, 6) is 0.728. The van der Waals surface area contributed by atoms with Crippen molar-refractivity contribution in [2.75, 3.05) is 31.6 Å². The van der Waals surface area contributed by atoms with E-state index in [1.165, 1.54) is 0 Å². The first-order valence-corrected chi connectivity index (χ1v) is 8.17. The van der Waals surface area contributed by atoms with Crippen LogP contribution in [0.5, 0.6) is 0 Å². The molecule has 2 aromatic rings. The zero-order valence-corrected chi connectivity index (χ0v) is 14.1. The predicted molar refractivity (Wildman–Crippen MR) is 90.9 cm³/mol. The van der Waals surface area contributed by atoms with Crippen LogP contribution in [0.2, 0.25) is 0 Å². The molecule has 24 heavy (non-hydrogen) atoms. The van der Waals surface area contributed by atoms with Gasteiger partial charge in [0.05, 0.1) is 18.3 Å². The highest BCUT2D eigenvalue weighted by Gasteiger charge is 2.38. The Hall–Kier alpha value is -2.41. The van der Waals surface area contributed by atoms with Crippen molar-refractivity contribution in [3.63, 3.8) is 0 Å². The molecule has 128 valence electrons. The number of aliphatic hydroxyl groups is 1. The van der Waals surface area contributed by atoms with Crippen LogP contribution in [0.25, 0.3) is 0 Å². The summed E-state index contributed by atoms with van der Waals surface area (Å²) in [7, 11) is 1.72. The van der Waals surface area contributed by atoms with Gasteiger partial charge in [-0.2, -0.15) is 5.10 Å². The number of hydrogen-bond donors (Lipinski definition) is 1. The number of aryl methyl sites for hydroxylation is 1. The standard InChI is InChI=1S/C17H23N5O2/c1-3-22-11-14(10-19-22)16(23)20(2)12-17(24)7-9-21(13-17)15-6-4-5-8-18-15/h4-6,8,10-11,24H,3,7,9,12-13H2,1-2H3/t17-/m1/s1. The largest absolute Gasteiger partial charge is 0.386 e. The molecule has 1 atom stereocenters. The van der Waals surface area contributed by atoms with Crippen molar-refractivity contribution in [1.82, 2.24) is 19.7 Å². The molecule has 7 heteroatoms. The van der Waals surface area contributed by atoms with E-state index >= 15 is 0 Å². The smallest absolute Gasteiger partial charge is 0.256 e. The predicted octanol–water partition coefficient (Wildman–Crippen LogP) is 1.01. The van der Waals surface area contributed by atoms with Gasteiger partial charge in [0.25, 0.3) is 5.91 Å². The minimum absolute atomic E-state index is 0.126. The molecule has 1 aliphatic rings. The van der Waals surface area contributed by atoms with Crippen LogP contribution < -0.4 is 4.90 Å². The normalized spacial score (nSPS) is 20.4. The Morgan fingerprint density at radius 1 is 1.46 bits per heavy atom. The molecule has 1 aliphatic heterocycles. The molecule has 0 unspecified atom stereocenters. The summed E-state index contributed by atoms with van der Waals surface area (Å²) in [5.41, 5.74) is -0.384. The fraction of sp³-hybridized carbons (Fsp3) is 0.471. The second kappa shape index (κ2) is 6.60. The third-order valence-electron chi connectivity index (χ3n) is 4.39. The fourth-order valence-corrected chi connectivity index (χ4v) is 3.10. The minimum Gasteiger partial charge on any atom is -0.386 e. The number of nitrogens with zero attached hydrogens (tertiary/aromatic N) is 5. The Kier molecular flexibility index (Phi) is 4.53. The SMILES string of the molecule is CCn1cc(C(=O)N(C)C[C@]2(O)CCN(c3ccccn3)C2)cn1. The second-order valence-electron chi connectivity index (χ2n) is 6.33. The fourth-order valence-electron chi connectivity index (χ4n) is 3.10. The lowest BCUT2D eigenvalue weighted by Crippen LogP contribution is -2.45. The third kappa shape index (κ3) is 3.41. The number of carbonyl (C=O) groups excluding carboxylic acids is 1. The lowest BCUT2D eigenvalue weighted by atomic mass is 10.0. The van der Waals surface area contributed by atoms with E-state index < -0.39 is 5.60 Å². The highest BCUT2D eigenvalue weighted by Crippen LogP contribution is 2.26. The van der Waals surface area contributed by atoms with Gasteiger partial charge in [-0.1, -0.05) is 6.07 Å². The van der Waals surface area contributed by atoms with Gasteiger partial charge in [0, 0.05) is 39.1 Å². The molecule has 7 nitrogen and oxygen atoms in total. The molecule has 1 saturated heterocycles. The first-order valence-electron chi connectivity index (χ1n) is 8.17. The summed E-state index contributed by atoms with van der Waals surface area (Å²) in [5, 5.41) is 15.0. The Labute approximate surface area is 141 Å². The number of β-amino-alcohol motifs (C(OH)–C–C–N with tert-alkyl or cyclic N) is 1. The summed E-state index contributed by atoms with van der Waals surface area (Å²) < 4.78 is 1.72. The molecule has 1 fully saturated rings. The van der Waals surface area contributed by atoms with Crippen LogP contribution in [0.4, 0.5) is 5.82 Å². The number of pyridine rings is 1. The van der Waals surface area contributed by atoms with Crippen LogP contribution in [-0.2, 0) is 6.54 Å². The van der Waals surface area contributed by atoms with Gasteiger partial charge >= 0.3 is 0 Å². The first-order chi connectivity index (χ1) is 11.5. The van der Waals surface area contributed by atoms with Crippen molar-refractivity contribution in [3.8, 4) is 0 Å².